The van der Waals surface area contributed by atoms with Crippen molar-refractivity contribution in [1.82, 2.24) is 9.78 Å². The fourth-order valence-electron chi connectivity index (χ4n) is 2.40. The molecule has 0 unspecified atom stereocenters. The third-order valence-corrected chi connectivity index (χ3v) is 3.60. The van der Waals surface area contributed by atoms with Crippen LogP contribution in [0.3, 0.4) is 0 Å². The first kappa shape index (κ1) is 16.4. The van der Waals surface area contributed by atoms with E-state index in [-0.39, 0.29) is 18.1 Å². The first-order valence-electron chi connectivity index (χ1n) is 7.52. The van der Waals surface area contributed by atoms with Gasteiger partial charge in [0.05, 0.1) is 17.9 Å². The Bertz CT molecular complexity index is 902. The van der Waals surface area contributed by atoms with Gasteiger partial charge in [0.2, 0.25) is 0 Å². The van der Waals surface area contributed by atoms with Gasteiger partial charge in [0.25, 0.3) is 5.91 Å². The predicted octanol–water partition coefficient (Wildman–Crippen LogP) is 2.39. The van der Waals surface area contributed by atoms with Crippen LogP contribution >= 0.6 is 0 Å². The van der Waals surface area contributed by atoms with E-state index in [1.165, 1.54) is 16.8 Å². The number of nitrogens with one attached hydrogen (secondary N) is 1. The van der Waals surface area contributed by atoms with Crippen LogP contribution in [0.5, 0.6) is 0 Å². The number of halogens is 1. The standard InChI is InChI=1S/C18H15FN4O2/c19-13-3-7-15(8-4-13)23-17(11-16(22-23)18(20)25)12-1-5-14(6-2-12)21-9-10-24/h1-8,10-11,21H,9H2,(H2,20,25). The Labute approximate surface area is 143 Å². The normalized spacial score (nSPS) is 10.4. The fraction of sp³-hybridized carbons (Fsp3) is 0.0556. The number of carbonyl (C=O) groups is 2. The highest BCUT2D eigenvalue weighted by Crippen LogP contribution is 2.25. The molecule has 1 heterocycles. The molecule has 2 aromatic carbocycles. The van der Waals surface area contributed by atoms with Crippen molar-refractivity contribution in [3.63, 3.8) is 0 Å². The van der Waals surface area contributed by atoms with Gasteiger partial charge in [-0.3, -0.25) is 4.79 Å². The molecular formula is C18H15FN4O2. The number of primary amides is 1. The van der Waals surface area contributed by atoms with E-state index in [1.807, 2.05) is 24.3 Å². The summed E-state index contributed by atoms with van der Waals surface area (Å²) in [7, 11) is 0. The molecule has 0 saturated heterocycles. The van der Waals surface area contributed by atoms with Gasteiger partial charge < -0.3 is 15.8 Å². The number of hydrogen-bond donors (Lipinski definition) is 2. The van der Waals surface area contributed by atoms with Crippen LogP contribution in [0.15, 0.2) is 54.6 Å². The summed E-state index contributed by atoms with van der Waals surface area (Å²) in [5, 5.41) is 7.16. The lowest BCUT2D eigenvalue weighted by molar-refractivity contribution is -0.106. The minimum atomic E-state index is -0.647. The molecule has 25 heavy (non-hydrogen) atoms. The lowest BCUT2D eigenvalue weighted by atomic mass is 10.1. The zero-order chi connectivity index (χ0) is 17.8. The van der Waals surface area contributed by atoms with Crippen LogP contribution in [0.2, 0.25) is 0 Å². The zero-order valence-electron chi connectivity index (χ0n) is 13.1. The average molecular weight is 338 g/mol. The number of anilines is 1. The quantitative estimate of drug-likeness (QED) is 0.675. The maximum absolute atomic E-state index is 13.2. The van der Waals surface area contributed by atoms with E-state index in [0.29, 0.717) is 11.4 Å². The van der Waals surface area contributed by atoms with Crippen molar-refractivity contribution in [2.75, 3.05) is 11.9 Å². The molecule has 0 aliphatic heterocycles. The number of benzene rings is 2. The summed E-state index contributed by atoms with van der Waals surface area (Å²) in [6, 6.07) is 14.6. The molecular weight excluding hydrogens is 323 g/mol. The Kier molecular flexibility index (Phi) is 4.56. The maximum Gasteiger partial charge on any atom is 0.269 e. The summed E-state index contributed by atoms with van der Waals surface area (Å²) >= 11 is 0. The summed E-state index contributed by atoms with van der Waals surface area (Å²) < 4.78 is 14.7. The second kappa shape index (κ2) is 6.96. The number of nitrogens with zero attached hydrogens (tertiary/aromatic N) is 2. The molecule has 3 N–H and O–H groups in total. The monoisotopic (exact) mass is 338 g/mol. The van der Waals surface area contributed by atoms with Crippen molar-refractivity contribution < 1.29 is 14.0 Å². The van der Waals surface area contributed by atoms with Crippen LogP contribution in [-0.4, -0.2) is 28.5 Å². The molecule has 0 radical (unpaired) electrons. The molecule has 3 rings (SSSR count). The van der Waals surface area contributed by atoms with E-state index in [0.717, 1.165) is 17.5 Å². The number of rotatable bonds is 6. The molecule has 7 heteroatoms. The van der Waals surface area contributed by atoms with Crippen molar-refractivity contribution in [1.29, 1.82) is 0 Å². The van der Waals surface area contributed by atoms with Gasteiger partial charge in [-0.05, 0) is 42.5 Å². The Morgan fingerprint density at radius 2 is 1.84 bits per heavy atom. The summed E-state index contributed by atoms with van der Waals surface area (Å²) in [6.45, 7) is 0.221. The molecule has 0 saturated carbocycles. The van der Waals surface area contributed by atoms with E-state index < -0.39 is 5.91 Å². The van der Waals surface area contributed by atoms with Gasteiger partial charge in [-0.15, -0.1) is 0 Å². The number of amides is 1. The van der Waals surface area contributed by atoms with Gasteiger partial charge in [0.15, 0.2) is 5.69 Å². The number of aromatic nitrogens is 2. The third-order valence-electron chi connectivity index (χ3n) is 3.60. The molecule has 1 aromatic heterocycles. The van der Waals surface area contributed by atoms with Gasteiger partial charge in [-0.25, -0.2) is 9.07 Å². The summed E-state index contributed by atoms with van der Waals surface area (Å²) in [5.74, 6) is -1.01. The summed E-state index contributed by atoms with van der Waals surface area (Å²) in [4.78, 5) is 21.9. The number of hydrogen-bond acceptors (Lipinski definition) is 4. The molecule has 0 aliphatic rings. The van der Waals surface area contributed by atoms with Crippen molar-refractivity contribution in [2.24, 2.45) is 5.73 Å². The lowest BCUT2D eigenvalue weighted by Crippen LogP contribution is -2.12. The Balaban J connectivity index is 2.03. The Hall–Kier alpha value is -3.48. The molecule has 0 spiro atoms. The second-order valence-electron chi connectivity index (χ2n) is 5.29. The zero-order valence-corrected chi connectivity index (χ0v) is 13.1. The fourth-order valence-corrected chi connectivity index (χ4v) is 2.40. The Morgan fingerprint density at radius 3 is 2.44 bits per heavy atom. The van der Waals surface area contributed by atoms with Gasteiger partial charge >= 0.3 is 0 Å². The van der Waals surface area contributed by atoms with Crippen LogP contribution in [0.1, 0.15) is 10.5 Å². The first-order chi connectivity index (χ1) is 12.1. The van der Waals surface area contributed by atoms with Crippen LogP contribution in [-0.2, 0) is 4.79 Å². The minimum Gasteiger partial charge on any atom is -0.378 e. The lowest BCUT2D eigenvalue weighted by Gasteiger charge is -2.09. The van der Waals surface area contributed by atoms with E-state index in [2.05, 4.69) is 10.4 Å². The van der Waals surface area contributed by atoms with Crippen LogP contribution in [0.25, 0.3) is 16.9 Å². The van der Waals surface area contributed by atoms with Gasteiger partial charge in [0.1, 0.15) is 12.1 Å². The van der Waals surface area contributed by atoms with Crippen molar-refractivity contribution >= 4 is 17.9 Å². The molecule has 6 nitrogen and oxygen atoms in total. The highest BCUT2D eigenvalue weighted by molar-refractivity contribution is 5.92. The average Bonchev–Trinajstić information content (AvgIpc) is 3.07. The van der Waals surface area contributed by atoms with E-state index >= 15 is 0 Å². The van der Waals surface area contributed by atoms with Crippen molar-refractivity contribution in [3.05, 3.63) is 66.1 Å². The van der Waals surface area contributed by atoms with Crippen LogP contribution in [0.4, 0.5) is 10.1 Å². The molecule has 3 aromatic rings. The van der Waals surface area contributed by atoms with Crippen molar-refractivity contribution in [3.8, 4) is 16.9 Å². The van der Waals surface area contributed by atoms with E-state index in [1.54, 1.807) is 18.2 Å². The van der Waals surface area contributed by atoms with Crippen LogP contribution in [0, 0.1) is 5.82 Å². The molecule has 1 amide bonds. The van der Waals surface area contributed by atoms with E-state index in [9.17, 15) is 14.0 Å². The van der Waals surface area contributed by atoms with Crippen LogP contribution < -0.4 is 11.1 Å². The molecule has 0 aliphatic carbocycles. The largest absolute Gasteiger partial charge is 0.378 e. The first-order valence-corrected chi connectivity index (χ1v) is 7.52. The number of aldehydes is 1. The maximum atomic E-state index is 13.2. The Morgan fingerprint density at radius 1 is 1.16 bits per heavy atom. The predicted molar refractivity (Wildman–Crippen MR) is 92.0 cm³/mol. The second-order valence-corrected chi connectivity index (χ2v) is 5.29. The van der Waals surface area contributed by atoms with E-state index in [4.69, 9.17) is 5.73 Å². The highest BCUT2D eigenvalue weighted by Gasteiger charge is 2.15. The molecule has 126 valence electrons. The molecule has 0 bridgehead atoms. The topological polar surface area (TPSA) is 90.0 Å². The molecule has 0 atom stereocenters. The van der Waals surface area contributed by atoms with Gasteiger partial charge in [-0.2, -0.15) is 5.10 Å². The summed E-state index contributed by atoms with van der Waals surface area (Å²) in [5.41, 5.74) is 8.28. The van der Waals surface area contributed by atoms with Crippen molar-refractivity contribution in [2.45, 2.75) is 0 Å². The molecule has 0 fully saturated rings. The SMILES string of the molecule is NC(=O)c1cc(-c2ccc(NCC=O)cc2)n(-c2ccc(F)cc2)n1. The van der Waals surface area contributed by atoms with Gasteiger partial charge in [-0.1, -0.05) is 12.1 Å². The number of nitrogens with two attached hydrogens (primary N) is 1. The minimum absolute atomic E-state index is 0.113. The number of carbonyl (C=O) groups excluding carboxylic acids is 2. The summed E-state index contributed by atoms with van der Waals surface area (Å²) in [6.07, 6.45) is 0.774. The highest BCUT2D eigenvalue weighted by atomic mass is 19.1. The third kappa shape index (κ3) is 3.55. The van der Waals surface area contributed by atoms with Gasteiger partial charge in [0, 0.05) is 11.3 Å². The smallest absolute Gasteiger partial charge is 0.269 e.